The number of esters is 2. The lowest BCUT2D eigenvalue weighted by Crippen LogP contribution is -2.52. The zero-order valence-corrected chi connectivity index (χ0v) is 23.6. The van der Waals surface area contributed by atoms with Gasteiger partial charge in [0.25, 0.3) is 0 Å². The minimum Gasteiger partial charge on any atom is -0.456 e. The van der Waals surface area contributed by atoms with E-state index in [1.807, 2.05) is 6.08 Å². The number of aliphatic hydroxyl groups is 2. The van der Waals surface area contributed by atoms with E-state index >= 15 is 0 Å². The van der Waals surface area contributed by atoms with Gasteiger partial charge in [0, 0.05) is 30.9 Å². The molecule has 0 radical (unpaired) electrons. The Bertz CT molecular complexity index is 1270. The van der Waals surface area contributed by atoms with Gasteiger partial charge in [0.05, 0.1) is 36.3 Å². The minimum absolute atomic E-state index is 0.0178. The summed E-state index contributed by atoms with van der Waals surface area (Å²) in [6.07, 6.45) is 3.54. The highest BCUT2D eigenvalue weighted by Gasteiger charge is 2.84. The van der Waals surface area contributed by atoms with Crippen molar-refractivity contribution in [2.24, 2.45) is 35.0 Å². The zero-order valence-electron chi connectivity index (χ0n) is 23.6. The molecule has 2 bridgehead atoms. The molecule has 5 heterocycles. The summed E-state index contributed by atoms with van der Waals surface area (Å²) in [5.74, 6) is -3.72. The first-order valence-electron chi connectivity index (χ1n) is 14.4. The van der Waals surface area contributed by atoms with Gasteiger partial charge >= 0.3 is 11.9 Å². The van der Waals surface area contributed by atoms with Gasteiger partial charge in [-0.15, -0.1) is 0 Å². The number of rotatable bonds is 4. The van der Waals surface area contributed by atoms with Crippen LogP contribution in [0.2, 0.25) is 0 Å². The molecule has 2 spiro atoms. The predicted octanol–water partition coefficient (Wildman–Crippen LogP) is 1.96. The maximum Gasteiger partial charge on any atom is 0.339 e. The van der Waals surface area contributed by atoms with Gasteiger partial charge < -0.3 is 33.9 Å². The summed E-state index contributed by atoms with van der Waals surface area (Å²) in [4.78, 5) is 39.0. The summed E-state index contributed by atoms with van der Waals surface area (Å²) >= 11 is 0. The fraction of sp³-hybridized carbons (Fsp3) is 0.767. The second kappa shape index (κ2) is 8.04. The molecule has 10 nitrogen and oxygen atoms in total. The molecule has 5 aliphatic heterocycles. The first-order valence-corrected chi connectivity index (χ1v) is 14.4. The smallest absolute Gasteiger partial charge is 0.339 e. The summed E-state index contributed by atoms with van der Waals surface area (Å²) in [6.45, 7) is 7.40. The normalized spacial score (nSPS) is 54.0. The number of aliphatic hydroxyl groups excluding tert-OH is 2. The quantitative estimate of drug-likeness (QED) is 0.493. The first-order chi connectivity index (χ1) is 18.8. The highest BCUT2D eigenvalue weighted by Crippen LogP contribution is 2.76. The van der Waals surface area contributed by atoms with Gasteiger partial charge in [0.15, 0.2) is 0 Å². The van der Waals surface area contributed by atoms with E-state index in [9.17, 15) is 24.6 Å². The van der Waals surface area contributed by atoms with Gasteiger partial charge in [-0.25, -0.2) is 4.79 Å². The van der Waals surface area contributed by atoms with Crippen molar-refractivity contribution in [3.8, 4) is 0 Å². The Morgan fingerprint density at radius 2 is 1.98 bits per heavy atom. The molecule has 218 valence electrons. The number of ether oxygens (including phenoxy) is 5. The fourth-order valence-electron chi connectivity index (χ4n) is 9.96. The van der Waals surface area contributed by atoms with Crippen molar-refractivity contribution in [3.63, 3.8) is 0 Å². The van der Waals surface area contributed by atoms with Gasteiger partial charge in [-0.2, -0.15) is 0 Å². The lowest BCUT2D eigenvalue weighted by molar-refractivity contribution is -0.255. The van der Waals surface area contributed by atoms with Crippen LogP contribution >= 0.6 is 0 Å². The molecule has 0 aromatic rings. The number of allylic oxidation sites excluding steroid dienone is 2. The summed E-state index contributed by atoms with van der Waals surface area (Å²) in [7, 11) is 1.49. The molecular weight excluding hydrogens is 520 g/mol. The van der Waals surface area contributed by atoms with E-state index in [1.54, 1.807) is 19.9 Å². The molecule has 40 heavy (non-hydrogen) atoms. The van der Waals surface area contributed by atoms with E-state index in [0.29, 0.717) is 24.2 Å². The van der Waals surface area contributed by atoms with Gasteiger partial charge in [-0.1, -0.05) is 13.8 Å². The van der Waals surface area contributed by atoms with Crippen molar-refractivity contribution < 1.29 is 48.3 Å². The monoisotopic (exact) mass is 558 g/mol. The Labute approximate surface area is 233 Å². The maximum absolute atomic E-state index is 14.5. The molecule has 0 amide bonds. The van der Waals surface area contributed by atoms with Gasteiger partial charge in [0.1, 0.15) is 17.5 Å². The van der Waals surface area contributed by atoms with Crippen LogP contribution in [0.25, 0.3) is 0 Å². The van der Waals surface area contributed by atoms with Crippen LogP contribution in [0.1, 0.15) is 59.8 Å². The SMILES string of the molecule is COC12OC3(CCC4(C)C(C(C)C=C5C=C(C)C(=O)O5)C14)CC14OC(=O)CC1OC(C)(CO)C4CC(O)C3C2=O. The van der Waals surface area contributed by atoms with E-state index in [2.05, 4.69) is 13.8 Å². The molecule has 2 aliphatic carbocycles. The Morgan fingerprint density at radius 3 is 2.62 bits per heavy atom. The van der Waals surface area contributed by atoms with Gasteiger partial charge in [0.2, 0.25) is 11.6 Å². The second-order valence-electron chi connectivity index (χ2n) is 13.8. The van der Waals surface area contributed by atoms with Crippen molar-refractivity contribution in [2.45, 2.75) is 94.6 Å². The highest BCUT2D eigenvalue weighted by atomic mass is 16.7. The molecule has 0 aromatic carbocycles. The number of cyclic esters (lactones) is 1. The van der Waals surface area contributed by atoms with Crippen LogP contribution in [0.3, 0.4) is 0 Å². The highest BCUT2D eigenvalue weighted by molar-refractivity contribution is 5.93. The molecule has 10 heteroatoms. The van der Waals surface area contributed by atoms with Crippen LogP contribution in [0, 0.1) is 35.0 Å². The lowest BCUT2D eigenvalue weighted by Gasteiger charge is -2.41. The van der Waals surface area contributed by atoms with E-state index < -0.39 is 46.6 Å². The predicted molar refractivity (Wildman–Crippen MR) is 136 cm³/mol. The molecule has 2 N–H and O–H groups in total. The summed E-state index contributed by atoms with van der Waals surface area (Å²) in [5.41, 5.74) is -3.00. The number of carbonyl (C=O) groups is 3. The van der Waals surface area contributed by atoms with Crippen LogP contribution in [0.15, 0.2) is 23.5 Å². The van der Waals surface area contributed by atoms with E-state index in [0.717, 1.165) is 0 Å². The average Bonchev–Trinajstić information content (AvgIpc) is 3.00. The van der Waals surface area contributed by atoms with Crippen molar-refractivity contribution in [2.75, 3.05) is 13.7 Å². The van der Waals surface area contributed by atoms with E-state index in [4.69, 9.17) is 23.7 Å². The maximum atomic E-state index is 14.5. The van der Waals surface area contributed by atoms with Crippen molar-refractivity contribution in [1.82, 2.24) is 0 Å². The number of fused-ring (bicyclic) bond motifs is 3. The van der Waals surface area contributed by atoms with E-state index in [-0.39, 0.29) is 66.8 Å². The van der Waals surface area contributed by atoms with Crippen LogP contribution in [0.4, 0.5) is 0 Å². The number of Topliss-reactive ketones (excluding diaryl/α,β-unsaturated/α-hetero) is 1. The largest absolute Gasteiger partial charge is 0.456 e. The third-order valence-corrected chi connectivity index (χ3v) is 11.6. The molecular formula is C30H38O10. The van der Waals surface area contributed by atoms with Crippen LogP contribution < -0.4 is 0 Å². The molecule has 2 saturated carbocycles. The summed E-state index contributed by atoms with van der Waals surface area (Å²) in [6, 6.07) is 0. The Morgan fingerprint density at radius 1 is 1.23 bits per heavy atom. The Hall–Kier alpha value is -2.11. The topological polar surface area (TPSA) is 138 Å². The minimum atomic E-state index is -1.56. The zero-order chi connectivity index (χ0) is 28.6. The van der Waals surface area contributed by atoms with Crippen molar-refractivity contribution in [1.29, 1.82) is 0 Å². The molecule has 7 rings (SSSR count). The molecule has 12 unspecified atom stereocenters. The molecule has 12 atom stereocenters. The van der Waals surface area contributed by atoms with Gasteiger partial charge in [-0.3, -0.25) is 9.59 Å². The number of hydrogen-bond donors (Lipinski definition) is 2. The van der Waals surface area contributed by atoms with E-state index in [1.165, 1.54) is 7.11 Å². The number of carbonyl (C=O) groups excluding carboxylic acids is 3. The van der Waals surface area contributed by atoms with Crippen LogP contribution in [0.5, 0.6) is 0 Å². The Kier molecular flexibility index (Phi) is 5.38. The number of hydrogen-bond acceptors (Lipinski definition) is 10. The molecule has 6 fully saturated rings. The van der Waals surface area contributed by atoms with Gasteiger partial charge in [-0.05, 0) is 62.5 Å². The second-order valence-corrected chi connectivity index (χ2v) is 13.8. The molecule has 4 saturated heterocycles. The number of ketones is 1. The fourth-order valence-corrected chi connectivity index (χ4v) is 9.96. The van der Waals surface area contributed by atoms with Crippen molar-refractivity contribution >= 4 is 17.7 Å². The molecule has 7 aliphatic rings. The number of methoxy groups -OCH3 is 1. The van der Waals surface area contributed by atoms with Crippen molar-refractivity contribution in [3.05, 3.63) is 23.5 Å². The standard InChI is InChI=1S/C30H38O10/c1-14(8-16-9-15(2)25(35)37-16)21-23-26(21,3)6-7-28-12-29-18(27(4,13-31)38-19(29)11-20(33)39-29)10-17(32)22(28)24(34)30(23,36-5)40-28/h8-9,14,17-19,21-23,31-32H,6-7,10-13H2,1-5H3. The van der Waals surface area contributed by atoms with Crippen LogP contribution in [-0.4, -0.2) is 76.4 Å². The molecule has 0 aromatic heterocycles. The average molecular weight is 559 g/mol. The first kappa shape index (κ1) is 26.8. The third kappa shape index (κ3) is 3.09. The summed E-state index contributed by atoms with van der Waals surface area (Å²) in [5, 5.41) is 22.0. The Balaban J connectivity index is 1.28. The summed E-state index contributed by atoms with van der Waals surface area (Å²) < 4.78 is 30.7. The van der Waals surface area contributed by atoms with Crippen LogP contribution in [-0.2, 0) is 38.1 Å². The third-order valence-electron chi connectivity index (χ3n) is 11.6. The lowest BCUT2D eigenvalue weighted by atomic mass is 9.69.